The molecule has 112 valence electrons. The van der Waals surface area contributed by atoms with Crippen LogP contribution < -0.4 is 10.6 Å². The number of hydrogen-bond donors (Lipinski definition) is 1. The molecule has 0 radical (unpaired) electrons. The predicted octanol–water partition coefficient (Wildman–Crippen LogP) is 3.84. The Balaban J connectivity index is 1.85. The van der Waals surface area contributed by atoms with E-state index in [0.29, 0.717) is 23.8 Å². The number of hydrogen-bond acceptors (Lipinski definition) is 3. The standard InChI is InChI=1S/C17H22ClN3/c1-11-7-12(2)9-13(8-11)16-10-20-17(19)21(16)15-5-3-14(18)4-6-15/h3-7,11,13,16H,8-10H2,1-2H3,(H2,19,20). The quantitative estimate of drug-likeness (QED) is 0.844. The van der Waals surface area contributed by atoms with Gasteiger partial charge >= 0.3 is 0 Å². The summed E-state index contributed by atoms with van der Waals surface area (Å²) in [5, 5.41) is 0.745. The molecule has 0 fully saturated rings. The first-order chi connectivity index (χ1) is 10.0. The molecule has 0 saturated heterocycles. The second-order valence-corrected chi connectivity index (χ2v) is 6.74. The lowest BCUT2D eigenvalue weighted by Gasteiger charge is -2.36. The normalized spacial score (nSPS) is 29.3. The van der Waals surface area contributed by atoms with Crippen molar-refractivity contribution in [3.63, 3.8) is 0 Å². The lowest BCUT2D eigenvalue weighted by Crippen LogP contribution is -2.45. The van der Waals surface area contributed by atoms with Crippen molar-refractivity contribution in [2.24, 2.45) is 22.6 Å². The monoisotopic (exact) mass is 303 g/mol. The van der Waals surface area contributed by atoms with Gasteiger partial charge in [0.1, 0.15) is 0 Å². The summed E-state index contributed by atoms with van der Waals surface area (Å²) in [7, 11) is 0. The van der Waals surface area contributed by atoms with Gasteiger partial charge in [-0.05, 0) is 55.9 Å². The smallest absolute Gasteiger partial charge is 0.196 e. The molecule has 21 heavy (non-hydrogen) atoms. The number of allylic oxidation sites excluding steroid dienone is 2. The minimum Gasteiger partial charge on any atom is -0.370 e. The molecule has 0 amide bonds. The van der Waals surface area contributed by atoms with Gasteiger partial charge in [0, 0.05) is 10.7 Å². The van der Waals surface area contributed by atoms with Crippen LogP contribution >= 0.6 is 11.6 Å². The van der Waals surface area contributed by atoms with Gasteiger partial charge in [0.2, 0.25) is 0 Å². The zero-order valence-corrected chi connectivity index (χ0v) is 13.3. The molecule has 3 rings (SSSR count). The van der Waals surface area contributed by atoms with Gasteiger partial charge in [0.25, 0.3) is 0 Å². The minimum absolute atomic E-state index is 0.359. The van der Waals surface area contributed by atoms with Gasteiger partial charge in [0.05, 0.1) is 12.6 Å². The van der Waals surface area contributed by atoms with Gasteiger partial charge in [0.15, 0.2) is 5.96 Å². The lowest BCUT2D eigenvalue weighted by molar-refractivity contribution is 0.350. The van der Waals surface area contributed by atoms with Crippen molar-refractivity contribution < 1.29 is 0 Å². The van der Waals surface area contributed by atoms with Crippen molar-refractivity contribution in [2.45, 2.75) is 32.7 Å². The van der Waals surface area contributed by atoms with Crippen LogP contribution in [0.25, 0.3) is 0 Å². The van der Waals surface area contributed by atoms with E-state index in [2.05, 4.69) is 29.8 Å². The van der Waals surface area contributed by atoms with E-state index in [-0.39, 0.29) is 0 Å². The third kappa shape index (κ3) is 2.93. The molecule has 0 bridgehead atoms. The van der Waals surface area contributed by atoms with Crippen molar-refractivity contribution in [3.8, 4) is 0 Å². The fraction of sp³-hybridized carbons (Fsp3) is 0.471. The lowest BCUT2D eigenvalue weighted by atomic mass is 9.79. The topological polar surface area (TPSA) is 41.6 Å². The summed E-state index contributed by atoms with van der Waals surface area (Å²) in [6.07, 6.45) is 4.74. The van der Waals surface area contributed by atoms with Gasteiger partial charge in [-0.3, -0.25) is 4.99 Å². The molecule has 4 heteroatoms. The van der Waals surface area contributed by atoms with Gasteiger partial charge in [-0.25, -0.2) is 0 Å². The first-order valence-electron chi connectivity index (χ1n) is 7.56. The number of rotatable bonds is 2. The number of aliphatic imine (C=N–C) groups is 1. The van der Waals surface area contributed by atoms with E-state index in [9.17, 15) is 0 Å². The molecule has 0 aromatic heterocycles. The summed E-state index contributed by atoms with van der Waals surface area (Å²) in [4.78, 5) is 6.68. The Hall–Kier alpha value is -1.48. The van der Waals surface area contributed by atoms with Gasteiger partial charge in [-0.1, -0.05) is 30.2 Å². The first-order valence-corrected chi connectivity index (χ1v) is 7.94. The van der Waals surface area contributed by atoms with Crippen molar-refractivity contribution in [1.82, 2.24) is 0 Å². The van der Waals surface area contributed by atoms with Crippen molar-refractivity contribution >= 4 is 23.2 Å². The molecule has 1 aromatic carbocycles. The number of halogens is 1. The average molecular weight is 304 g/mol. The van der Waals surface area contributed by atoms with Crippen LogP contribution in [0.15, 0.2) is 40.9 Å². The first kappa shape index (κ1) is 14.5. The molecule has 1 aliphatic carbocycles. The molecule has 1 aromatic rings. The number of guanidine groups is 1. The van der Waals surface area contributed by atoms with Crippen LogP contribution in [0, 0.1) is 11.8 Å². The highest BCUT2D eigenvalue weighted by Crippen LogP contribution is 2.35. The molecular formula is C17H22ClN3. The molecular weight excluding hydrogens is 282 g/mol. The molecule has 0 spiro atoms. The van der Waals surface area contributed by atoms with Crippen molar-refractivity contribution in [1.29, 1.82) is 0 Å². The zero-order chi connectivity index (χ0) is 15.0. The minimum atomic E-state index is 0.359. The summed E-state index contributed by atoms with van der Waals surface area (Å²) < 4.78 is 0. The Bertz CT molecular complexity index is 576. The van der Waals surface area contributed by atoms with E-state index < -0.39 is 0 Å². The number of nitrogens with two attached hydrogens (primary N) is 1. The fourth-order valence-electron chi connectivity index (χ4n) is 3.69. The second-order valence-electron chi connectivity index (χ2n) is 6.30. The molecule has 2 aliphatic rings. The van der Waals surface area contributed by atoms with E-state index in [1.807, 2.05) is 24.3 Å². The van der Waals surface area contributed by atoms with Crippen molar-refractivity contribution in [2.75, 3.05) is 11.4 Å². The summed E-state index contributed by atoms with van der Waals surface area (Å²) in [5.74, 6) is 1.87. The average Bonchev–Trinajstić information content (AvgIpc) is 2.80. The molecule has 1 aliphatic heterocycles. The zero-order valence-electron chi connectivity index (χ0n) is 12.6. The summed E-state index contributed by atoms with van der Waals surface area (Å²) in [6, 6.07) is 8.23. The van der Waals surface area contributed by atoms with Crippen LogP contribution in [0.3, 0.4) is 0 Å². The molecule has 1 heterocycles. The van der Waals surface area contributed by atoms with Crippen LogP contribution in [-0.2, 0) is 0 Å². The second kappa shape index (κ2) is 5.72. The molecule has 3 unspecified atom stereocenters. The Kier molecular flexibility index (Phi) is 3.94. The third-order valence-electron chi connectivity index (χ3n) is 4.50. The van der Waals surface area contributed by atoms with E-state index in [1.165, 1.54) is 12.0 Å². The van der Waals surface area contributed by atoms with Gasteiger partial charge in [-0.2, -0.15) is 0 Å². The largest absolute Gasteiger partial charge is 0.370 e. The third-order valence-corrected chi connectivity index (χ3v) is 4.75. The van der Waals surface area contributed by atoms with E-state index in [0.717, 1.165) is 23.7 Å². The predicted molar refractivity (Wildman–Crippen MR) is 89.9 cm³/mol. The Morgan fingerprint density at radius 2 is 2.00 bits per heavy atom. The van der Waals surface area contributed by atoms with Crippen LogP contribution in [0.5, 0.6) is 0 Å². The van der Waals surface area contributed by atoms with Crippen LogP contribution in [0.2, 0.25) is 5.02 Å². The van der Waals surface area contributed by atoms with Crippen LogP contribution in [0.1, 0.15) is 26.7 Å². The molecule has 3 atom stereocenters. The maximum Gasteiger partial charge on any atom is 0.196 e. The molecule has 0 saturated carbocycles. The number of benzene rings is 1. The van der Waals surface area contributed by atoms with Crippen LogP contribution in [0.4, 0.5) is 5.69 Å². The van der Waals surface area contributed by atoms with E-state index in [1.54, 1.807) is 0 Å². The maximum atomic E-state index is 6.14. The Morgan fingerprint density at radius 3 is 2.67 bits per heavy atom. The Morgan fingerprint density at radius 1 is 1.29 bits per heavy atom. The van der Waals surface area contributed by atoms with Crippen LogP contribution in [-0.4, -0.2) is 18.5 Å². The van der Waals surface area contributed by atoms with E-state index >= 15 is 0 Å². The number of anilines is 1. The summed E-state index contributed by atoms with van der Waals surface area (Å²) in [5.41, 5.74) is 8.72. The highest BCUT2D eigenvalue weighted by atomic mass is 35.5. The maximum absolute atomic E-state index is 6.14. The highest BCUT2D eigenvalue weighted by Gasteiger charge is 2.35. The molecule has 3 nitrogen and oxygen atoms in total. The SMILES string of the molecule is CC1=CC(C)CC(C2CN=C(N)N2c2ccc(Cl)cc2)C1. The van der Waals surface area contributed by atoms with Crippen molar-refractivity contribution in [3.05, 3.63) is 40.9 Å². The molecule has 2 N–H and O–H groups in total. The van der Waals surface area contributed by atoms with Gasteiger partial charge in [-0.15, -0.1) is 0 Å². The fourth-order valence-corrected chi connectivity index (χ4v) is 3.82. The summed E-state index contributed by atoms with van der Waals surface area (Å²) >= 11 is 5.99. The van der Waals surface area contributed by atoms with Gasteiger partial charge < -0.3 is 10.6 Å². The summed E-state index contributed by atoms with van der Waals surface area (Å²) in [6.45, 7) is 5.31. The Labute approximate surface area is 131 Å². The highest BCUT2D eigenvalue weighted by molar-refractivity contribution is 6.30. The van der Waals surface area contributed by atoms with E-state index in [4.69, 9.17) is 17.3 Å². The number of nitrogens with zero attached hydrogens (tertiary/aromatic N) is 2.